The van der Waals surface area contributed by atoms with Gasteiger partial charge in [-0.15, -0.1) is 11.3 Å². The Kier molecular flexibility index (Phi) is 5.62. The van der Waals surface area contributed by atoms with E-state index >= 15 is 0 Å². The summed E-state index contributed by atoms with van der Waals surface area (Å²) in [5, 5.41) is 5.46. The van der Waals surface area contributed by atoms with Gasteiger partial charge in [0.1, 0.15) is 9.84 Å². The average Bonchev–Trinajstić information content (AvgIpc) is 2.70. The van der Waals surface area contributed by atoms with Gasteiger partial charge in [0.05, 0.1) is 5.75 Å². The quantitative estimate of drug-likeness (QED) is 0.831. The molecule has 1 atom stereocenters. The van der Waals surface area contributed by atoms with Crippen molar-refractivity contribution in [1.29, 1.82) is 0 Å². The molecule has 0 saturated carbocycles. The molecule has 0 bridgehead atoms. The molecule has 1 aromatic rings. The molecule has 0 amide bonds. The minimum atomic E-state index is -2.88. The van der Waals surface area contributed by atoms with Crippen molar-refractivity contribution in [1.82, 2.24) is 5.32 Å². The Morgan fingerprint density at radius 3 is 2.65 bits per heavy atom. The fourth-order valence-corrected chi connectivity index (χ4v) is 3.62. The highest BCUT2D eigenvalue weighted by Crippen LogP contribution is 2.27. The lowest BCUT2D eigenvalue weighted by Crippen LogP contribution is -2.23. The minimum Gasteiger partial charge on any atom is -0.309 e. The molecule has 5 heteroatoms. The Balaban J connectivity index is 2.78. The fraction of sp³-hybridized carbons (Fsp3) is 0.667. The molecule has 98 valence electrons. The first-order valence-electron chi connectivity index (χ1n) is 5.95. The molecule has 3 nitrogen and oxygen atoms in total. The number of aryl methyl sites for hydroxylation is 1. The Morgan fingerprint density at radius 1 is 1.41 bits per heavy atom. The first kappa shape index (κ1) is 14.7. The number of hydrogen-bond acceptors (Lipinski definition) is 4. The second-order valence-corrected chi connectivity index (χ2v) is 7.40. The maximum atomic E-state index is 11.2. The van der Waals surface area contributed by atoms with Gasteiger partial charge in [-0.05, 0) is 36.4 Å². The van der Waals surface area contributed by atoms with Gasteiger partial charge in [0.2, 0.25) is 0 Å². The zero-order valence-electron chi connectivity index (χ0n) is 10.7. The van der Waals surface area contributed by atoms with Crippen LogP contribution >= 0.6 is 11.3 Å². The molecular weight excluding hydrogens is 254 g/mol. The van der Waals surface area contributed by atoms with Crippen LogP contribution in [0.2, 0.25) is 0 Å². The van der Waals surface area contributed by atoms with Crippen LogP contribution in [0.1, 0.15) is 36.8 Å². The first-order chi connectivity index (χ1) is 7.98. The molecule has 0 aliphatic heterocycles. The molecular formula is C12H21NO2S2. The smallest absolute Gasteiger partial charge is 0.147 e. The standard InChI is InChI=1S/C12H21NO2S2/c1-4-10-6-8-16-12(10)11(13-5-2)7-9-17(3,14)15/h6,8,11,13H,4-5,7,9H2,1-3H3. The van der Waals surface area contributed by atoms with Gasteiger partial charge in [-0.25, -0.2) is 8.42 Å². The van der Waals surface area contributed by atoms with Crippen LogP contribution in [0.25, 0.3) is 0 Å². The van der Waals surface area contributed by atoms with E-state index in [0.29, 0.717) is 6.42 Å². The molecule has 0 fully saturated rings. The Labute approximate surface area is 108 Å². The lowest BCUT2D eigenvalue weighted by molar-refractivity contribution is 0.534. The highest BCUT2D eigenvalue weighted by Gasteiger charge is 2.17. The second-order valence-electron chi connectivity index (χ2n) is 4.19. The predicted molar refractivity (Wildman–Crippen MR) is 74.4 cm³/mol. The van der Waals surface area contributed by atoms with Gasteiger partial charge in [0, 0.05) is 17.2 Å². The van der Waals surface area contributed by atoms with Crippen molar-refractivity contribution >= 4 is 21.2 Å². The summed E-state index contributed by atoms with van der Waals surface area (Å²) in [7, 11) is -2.88. The molecule has 0 spiro atoms. The second kappa shape index (κ2) is 6.52. The molecule has 1 unspecified atom stereocenters. The van der Waals surface area contributed by atoms with E-state index in [4.69, 9.17) is 0 Å². The first-order valence-corrected chi connectivity index (χ1v) is 8.89. The van der Waals surface area contributed by atoms with Crippen molar-refractivity contribution in [3.8, 4) is 0 Å². The van der Waals surface area contributed by atoms with E-state index < -0.39 is 9.84 Å². The number of thiophene rings is 1. The summed E-state index contributed by atoms with van der Waals surface area (Å²) in [6.45, 7) is 5.03. The number of nitrogens with one attached hydrogen (secondary N) is 1. The fourth-order valence-electron chi connectivity index (χ4n) is 1.85. The van der Waals surface area contributed by atoms with Crippen LogP contribution in [0.5, 0.6) is 0 Å². The lowest BCUT2D eigenvalue weighted by atomic mass is 10.1. The number of hydrogen-bond donors (Lipinski definition) is 1. The van der Waals surface area contributed by atoms with Crippen molar-refractivity contribution in [2.75, 3.05) is 18.6 Å². The molecule has 0 radical (unpaired) electrons. The monoisotopic (exact) mass is 275 g/mol. The maximum Gasteiger partial charge on any atom is 0.147 e. The van der Waals surface area contributed by atoms with E-state index in [9.17, 15) is 8.42 Å². The minimum absolute atomic E-state index is 0.171. The van der Waals surface area contributed by atoms with E-state index in [-0.39, 0.29) is 11.8 Å². The summed E-state index contributed by atoms with van der Waals surface area (Å²) in [4.78, 5) is 1.29. The van der Waals surface area contributed by atoms with E-state index in [0.717, 1.165) is 13.0 Å². The van der Waals surface area contributed by atoms with Gasteiger partial charge in [-0.3, -0.25) is 0 Å². The van der Waals surface area contributed by atoms with Gasteiger partial charge in [-0.1, -0.05) is 13.8 Å². The molecule has 0 aromatic carbocycles. The SMILES string of the molecule is CCNC(CCS(C)(=O)=O)c1sccc1CC. The van der Waals surface area contributed by atoms with Crippen LogP contribution in [0.4, 0.5) is 0 Å². The largest absolute Gasteiger partial charge is 0.309 e. The lowest BCUT2D eigenvalue weighted by Gasteiger charge is -2.17. The molecule has 0 aliphatic rings. The van der Waals surface area contributed by atoms with E-state index in [1.54, 1.807) is 11.3 Å². The third kappa shape index (κ3) is 4.77. The number of sulfone groups is 1. The Hall–Kier alpha value is -0.390. The third-order valence-electron chi connectivity index (χ3n) is 2.71. The van der Waals surface area contributed by atoms with Crippen LogP contribution < -0.4 is 5.32 Å². The van der Waals surface area contributed by atoms with Gasteiger partial charge in [0.25, 0.3) is 0 Å². The molecule has 1 rings (SSSR count). The summed E-state index contributed by atoms with van der Waals surface area (Å²) in [5.41, 5.74) is 1.33. The van der Waals surface area contributed by atoms with Crippen molar-refractivity contribution in [3.63, 3.8) is 0 Å². The number of rotatable bonds is 7. The summed E-state index contributed by atoms with van der Waals surface area (Å²) < 4.78 is 22.5. The average molecular weight is 275 g/mol. The van der Waals surface area contributed by atoms with Crippen molar-refractivity contribution in [2.24, 2.45) is 0 Å². The van der Waals surface area contributed by atoms with Crippen LogP contribution in [-0.2, 0) is 16.3 Å². The Bertz CT molecular complexity index is 437. The highest BCUT2D eigenvalue weighted by atomic mass is 32.2. The summed E-state index contributed by atoms with van der Waals surface area (Å²) in [6.07, 6.45) is 2.95. The van der Waals surface area contributed by atoms with E-state index in [2.05, 4.69) is 23.7 Å². The zero-order chi connectivity index (χ0) is 12.9. The molecule has 0 aliphatic carbocycles. The molecule has 1 N–H and O–H groups in total. The molecule has 1 heterocycles. The van der Waals surface area contributed by atoms with Crippen LogP contribution in [0.15, 0.2) is 11.4 Å². The summed E-state index contributed by atoms with van der Waals surface area (Å²) >= 11 is 1.72. The van der Waals surface area contributed by atoms with Gasteiger partial charge < -0.3 is 5.32 Å². The van der Waals surface area contributed by atoms with Crippen molar-refractivity contribution in [3.05, 3.63) is 21.9 Å². The summed E-state index contributed by atoms with van der Waals surface area (Å²) in [5.74, 6) is 0.242. The van der Waals surface area contributed by atoms with E-state index in [1.165, 1.54) is 16.7 Å². The zero-order valence-corrected chi connectivity index (χ0v) is 12.3. The van der Waals surface area contributed by atoms with Crippen LogP contribution in [0.3, 0.4) is 0 Å². The molecule has 1 aromatic heterocycles. The highest BCUT2D eigenvalue weighted by molar-refractivity contribution is 7.90. The Morgan fingerprint density at radius 2 is 2.12 bits per heavy atom. The molecule has 0 saturated heterocycles. The van der Waals surface area contributed by atoms with Gasteiger partial charge in [0.15, 0.2) is 0 Å². The predicted octanol–water partition coefficient (Wildman–Crippen LogP) is 2.40. The summed E-state index contributed by atoms with van der Waals surface area (Å²) in [6, 6.07) is 2.30. The third-order valence-corrected chi connectivity index (χ3v) is 4.76. The van der Waals surface area contributed by atoms with Crippen molar-refractivity contribution < 1.29 is 8.42 Å². The normalized spacial score (nSPS) is 13.8. The van der Waals surface area contributed by atoms with Gasteiger partial charge >= 0.3 is 0 Å². The molecule has 17 heavy (non-hydrogen) atoms. The van der Waals surface area contributed by atoms with E-state index in [1.807, 2.05) is 6.92 Å². The maximum absolute atomic E-state index is 11.2. The van der Waals surface area contributed by atoms with Crippen LogP contribution in [0, 0.1) is 0 Å². The van der Waals surface area contributed by atoms with Crippen LogP contribution in [-0.4, -0.2) is 27.0 Å². The van der Waals surface area contributed by atoms with Gasteiger partial charge in [-0.2, -0.15) is 0 Å². The van der Waals surface area contributed by atoms with Crippen molar-refractivity contribution in [2.45, 2.75) is 32.7 Å². The topological polar surface area (TPSA) is 46.2 Å².